The predicted molar refractivity (Wildman–Crippen MR) is 145 cm³/mol. The highest BCUT2D eigenvalue weighted by molar-refractivity contribution is 5.33. The SMILES string of the molecule is CCCCCCCCc1ccccc1C(N)(CCCCCCCC)CCCCCCCC. The van der Waals surface area contributed by atoms with Crippen molar-refractivity contribution >= 4 is 0 Å². The Balaban J connectivity index is 2.69. The van der Waals surface area contributed by atoms with E-state index in [9.17, 15) is 0 Å². The minimum atomic E-state index is -0.131. The molecule has 0 radical (unpaired) electrons. The Bertz CT molecular complexity index is 519. The van der Waals surface area contributed by atoms with Crippen LogP contribution in [-0.4, -0.2) is 0 Å². The maximum Gasteiger partial charge on any atom is 0.0412 e. The summed E-state index contributed by atoms with van der Waals surface area (Å²) in [6.07, 6.45) is 27.9. The number of hydrogen-bond donors (Lipinski definition) is 1. The van der Waals surface area contributed by atoms with Crippen LogP contribution in [0.5, 0.6) is 0 Å². The van der Waals surface area contributed by atoms with Gasteiger partial charge in [0.2, 0.25) is 0 Å². The Kier molecular flexibility index (Phi) is 17.9. The highest BCUT2D eigenvalue weighted by atomic mass is 14.7. The number of rotatable bonds is 22. The van der Waals surface area contributed by atoms with Crippen molar-refractivity contribution in [2.75, 3.05) is 0 Å². The fourth-order valence-electron chi connectivity index (χ4n) is 5.16. The Labute approximate surface area is 202 Å². The van der Waals surface area contributed by atoms with E-state index in [1.165, 1.54) is 133 Å². The van der Waals surface area contributed by atoms with Gasteiger partial charge in [0, 0.05) is 5.54 Å². The van der Waals surface area contributed by atoms with Gasteiger partial charge in [-0.05, 0) is 36.8 Å². The third-order valence-corrected chi connectivity index (χ3v) is 7.31. The highest BCUT2D eigenvalue weighted by Crippen LogP contribution is 2.34. The molecule has 0 aromatic heterocycles. The van der Waals surface area contributed by atoms with Crippen LogP contribution in [0.15, 0.2) is 24.3 Å². The molecule has 0 fully saturated rings. The van der Waals surface area contributed by atoms with E-state index in [1.807, 2.05) is 0 Å². The number of nitrogens with two attached hydrogens (primary N) is 1. The third-order valence-electron chi connectivity index (χ3n) is 7.31. The summed E-state index contributed by atoms with van der Waals surface area (Å²) in [6, 6.07) is 9.18. The highest BCUT2D eigenvalue weighted by Gasteiger charge is 2.28. The van der Waals surface area contributed by atoms with Crippen molar-refractivity contribution in [3.63, 3.8) is 0 Å². The van der Waals surface area contributed by atoms with Crippen LogP contribution in [0, 0.1) is 0 Å². The van der Waals surface area contributed by atoms with Crippen molar-refractivity contribution in [2.45, 2.75) is 161 Å². The normalized spacial score (nSPS) is 11.9. The van der Waals surface area contributed by atoms with E-state index >= 15 is 0 Å². The van der Waals surface area contributed by atoms with Crippen LogP contribution in [0.3, 0.4) is 0 Å². The minimum Gasteiger partial charge on any atom is -0.321 e. The lowest BCUT2D eigenvalue weighted by Gasteiger charge is -2.33. The number of hydrogen-bond acceptors (Lipinski definition) is 1. The van der Waals surface area contributed by atoms with Gasteiger partial charge in [-0.25, -0.2) is 0 Å². The molecule has 186 valence electrons. The molecular formula is C31H57N. The van der Waals surface area contributed by atoms with E-state index in [-0.39, 0.29) is 5.54 Å². The first-order valence-electron chi connectivity index (χ1n) is 14.5. The maximum absolute atomic E-state index is 7.27. The summed E-state index contributed by atoms with van der Waals surface area (Å²) < 4.78 is 0. The Morgan fingerprint density at radius 1 is 0.531 bits per heavy atom. The molecule has 0 amide bonds. The number of benzene rings is 1. The van der Waals surface area contributed by atoms with E-state index in [0.717, 1.165) is 12.8 Å². The quantitative estimate of drug-likeness (QED) is 0.177. The molecule has 0 aliphatic rings. The van der Waals surface area contributed by atoms with Gasteiger partial charge in [-0.2, -0.15) is 0 Å². The zero-order valence-electron chi connectivity index (χ0n) is 22.2. The molecule has 0 heterocycles. The molecule has 1 rings (SSSR count). The van der Waals surface area contributed by atoms with Gasteiger partial charge < -0.3 is 5.73 Å². The lowest BCUT2D eigenvalue weighted by atomic mass is 9.78. The smallest absolute Gasteiger partial charge is 0.0412 e. The molecule has 0 unspecified atom stereocenters. The van der Waals surface area contributed by atoms with Crippen LogP contribution in [0.4, 0.5) is 0 Å². The zero-order chi connectivity index (χ0) is 23.3. The van der Waals surface area contributed by atoms with Crippen LogP contribution in [-0.2, 0) is 12.0 Å². The van der Waals surface area contributed by atoms with Gasteiger partial charge in [-0.3, -0.25) is 0 Å². The maximum atomic E-state index is 7.27. The second kappa shape index (κ2) is 19.6. The molecule has 0 bridgehead atoms. The standard InChI is InChI=1S/C31H57N/c1-4-7-10-13-16-19-24-29-25-20-21-26-30(29)31(32,27-22-17-14-11-8-5-2)28-23-18-15-12-9-6-3/h20-21,25-26H,4-19,22-24,27-28,32H2,1-3H3. The summed E-state index contributed by atoms with van der Waals surface area (Å²) in [6.45, 7) is 6.89. The summed E-state index contributed by atoms with van der Waals surface area (Å²) in [5.41, 5.74) is 10.1. The van der Waals surface area contributed by atoms with Crippen LogP contribution >= 0.6 is 0 Å². The molecule has 0 atom stereocenters. The molecule has 1 aromatic carbocycles. The van der Waals surface area contributed by atoms with E-state index < -0.39 is 0 Å². The summed E-state index contributed by atoms with van der Waals surface area (Å²) in [7, 11) is 0. The minimum absolute atomic E-state index is 0.131. The molecule has 0 aliphatic carbocycles. The average molecular weight is 444 g/mol. The lowest BCUT2D eigenvalue weighted by molar-refractivity contribution is 0.340. The van der Waals surface area contributed by atoms with Crippen molar-refractivity contribution in [3.8, 4) is 0 Å². The molecule has 0 saturated heterocycles. The third kappa shape index (κ3) is 13.0. The Morgan fingerprint density at radius 2 is 0.938 bits per heavy atom. The molecule has 0 saturated carbocycles. The van der Waals surface area contributed by atoms with Gasteiger partial charge in [0.05, 0.1) is 0 Å². The Hall–Kier alpha value is -0.820. The summed E-state index contributed by atoms with van der Waals surface area (Å²) >= 11 is 0. The van der Waals surface area contributed by atoms with Crippen LogP contribution in [0.2, 0.25) is 0 Å². The molecule has 0 spiro atoms. The second-order valence-electron chi connectivity index (χ2n) is 10.4. The van der Waals surface area contributed by atoms with Crippen molar-refractivity contribution in [3.05, 3.63) is 35.4 Å². The largest absolute Gasteiger partial charge is 0.321 e. The van der Waals surface area contributed by atoms with Crippen molar-refractivity contribution in [1.29, 1.82) is 0 Å². The van der Waals surface area contributed by atoms with E-state index in [1.54, 1.807) is 0 Å². The van der Waals surface area contributed by atoms with Gasteiger partial charge in [0.1, 0.15) is 0 Å². The van der Waals surface area contributed by atoms with Gasteiger partial charge in [0.15, 0.2) is 0 Å². The van der Waals surface area contributed by atoms with Crippen LogP contribution in [0.25, 0.3) is 0 Å². The predicted octanol–water partition coefficient (Wildman–Crippen LogP) is 10.2. The summed E-state index contributed by atoms with van der Waals surface area (Å²) in [5, 5.41) is 0. The topological polar surface area (TPSA) is 26.0 Å². The number of aryl methyl sites for hydroxylation is 1. The van der Waals surface area contributed by atoms with E-state index in [2.05, 4.69) is 45.0 Å². The van der Waals surface area contributed by atoms with Crippen LogP contribution in [0.1, 0.15) is 160 Å². The van der Waals surface area contributed by atoms with Gasteiger partial charge >= 0.3 is 0 Å². The molecule has 1 heteroatoms. The molecular weight excluding hydrogens is 386 g/mol. The fraction of sp³-hybridized carbons (Fsp3) is 0.806. The molecule has 2 N–H and O–H groups in total. The molecule has 1 nitrogen and oxygen atoms in total. The van der Waals surface area contributed by atoms with Gasteiger partial charge in [0.25, 0.3) is 0 Å². The van der Waals surface area contributed by atoms with Crippen molar-refractivity contribution in [2.24, 2.45) is 5.73 Å². The zero-order valence-corrected chi connectivity index (χ0v) is 22.2. The fourth-order valence-corrected chi connectivity index (χ4v) is 5.16. The first-order chi connectivity index (χ1) is 15.7. The van der Waals surface area contributed by atoms with Gasteiger partial charge in [-0.1, -0.05) is 154 Å². The monoisotopic (exact) mass is 443 g/mol. The second-order valence-corrected chi connectivity index (χ2v) is 10.4. The molecule has 1 aromatic rings. The first-order valence-corrected chi connectivity index (χ1v) is 14.5. The van der Waals surface area contributed by atoms with Crippen molar-refractivity contribution in [1.82, 2.24) is 0 Å². The number of unbranched alkanes of at least 4 members (excludes halogenated alkanes) is 15. The molecule has 0 aliphatic heterocycles. The van der Waals surface area contributed by atoms with Crippen molar-refractivity contribution < 1.29 is 0 Å². The Morgan fingerprint density at radius 3 is 1.44 bits per heavy atom. The van der Waals surface area contributed by atoms with Gasteiger partial charge in [-0.15, -0.1) is 0 Å². The van der Waals surface area contributed by atoms with E-state index in [4.69, 9.17) is 5.73 Å². The summed E-state index contributed by atoms with van der Waals surface area (Å²) in [4.78, 5) is 0. The lowest BCUT2D eigenvalue weighted by Crippen LogP contribution is -2.37. The summed E-state index contributed by atoms with van der Waals surface area (Å²) in [5.74, 6) is 0. The average Bonchev–Trinajstić information content (AvgIpc) is 2.81. The molecule has 32 heavy (non-hydrogen) atoms. The first kappa shape index (κ1) is 29.2. The van der Waals surface area contributed by atoms with E-state index in [0.29, 0.717) is 0 Å². The van der Waals surface area contributed by atoms with Crippen LogP contribution < -0.4 is 5.73 Å².